The highest BCUT2D eigenvalue weighted by molar-refractivity contribution is 7.89. The van der Waals surface area contributed by atoms with Crippen LogP contribution in [0.1, 0.15) is 35.3 Å². The first-order valence-corrected chi connectivity index (χ1v) is 10.5. The lowest BCUT2D eigenvalue weighted by Gasteiger charge is -2.25. The number of amides is 1. The van der Waals surface area contributed by atoms with Gasteiger partial charge in [-0.05, 0) is 43.5 Å². The molecule has 1 saturated heterocycles. The Morgan fingerprint density at radius 1 is 1.15 bits per heavy atom. The number of benzene rings is 1. The van der Waals surface area contributed by atoms with E-state index in [4.69, 9.17) is 0 Å². The third-order valence-electron chi connectivity index (χ3n) is 4.80. The molecule has 1 amide bonds. The molecule has 8 heteroatoms. The Kier molecular flexibility index (Phi) is 5.57. The van der Waals surface area contributed by atoms with Crippen LogP contribution in [-0.4, -0.2) is 50.8 Å². The van der Waals surface area contributed by atoms with E-state index in [1.54, 1.807) is 0 Å². The molecule has 1 aliphatic heterocycles. The summed E-state index contributed by atoms with van der Waals surface area (Å²) >= 11 is 0. The molecule has 0 saturated carbocycles. The molecule has 2 aromatic rings. The van der Waals surface area contributed by atoms with Crippen LogP contribution in [0, 0.1) is 6.92 Å². The van der Waals surface area contributed by atoms with Crippen molar-refractivity contribution in [3.05, 3.63) is 41.7 Å². The number of nitrogens with one attached hydrogen (secondary N) is 2. The van der Waals surface area contributed by atoms with Crippen molar-refractivity contribution in [2.24, 2.45) is 0 Å². The zero-order chi connectivity index (χ0) is 19.6. The van der Waals surface area contributed by atoms with Crippen molar-refractivity contribution in [2.75, 3.05) is 37.4 Å². The minimum atomic E-state index is -3.56. The van der Waals surface area contributed by atoms with E-state index in [9.17, 15) is 13.2 Å². The lowest BCUT2D eigenvalue weighted by molar-refractivity contribution is 0.102. The Morgan fingerprint density at radius 3 is 2.52 bits per heavy atom. The van der Waals surface area contributed by atoms with Gasteiger partial charge in [0, 0.05) is 44.8 Å². The molecule has 2 heterocycles. The van der Waals surface area contributed by atoms with Crippen molar-refractivity contribution in [3.8, 4) is 0 Å². The van der Waals surface area contributed by atoms with Gasteiger partial charge in [0.1, 0.15) is 10.6 Å². The minimum absolute atomic E-state index is 0.132. The Balaban J connectivity index is 1.76. The Morgan fingerprint density at radius 2 is 1.85 bits per heavy atom. The number of sulfonamides is 1. The molecule has 2 N–H and O–H groups in total. The van der Waals surface area contributed by atoms with E-state index in [-0.39, 0.29) is 16.5 Å². The number of piperidine rings is 1. The van der Waals surface area contributed by atoms with Crippen LogP contribution in [-0.2, 0) is 10.0 Å². The highest BCUT2D eigenvalue weighted by Gasteiger charge is 2.27. The molecule has 0 spiro atoms. The average Bonchev–Trinajstić information content (AvgIpc) is 3.15. The minimum Gasteiger partial charge on any atom is -0.377 e. The van der Waals surface area contributed by atoms with Gasteiger partial charge in [0.25, 0.3) is 5.91 Å². The largest absolute Gasteiger partial charge is 0.377 e. The van der Waals surface area contributed by atoms with Crippen LogP contribution in [0.4, 0.5) is 11.4 Å². The molecule has 7 nitrogen and oxygen atoms in total. The smallest absolute Gasteiger partial charge is 0.272 e. The number of nitrogens with zero attached hydrogens (tertiary/aromatic N) is 2. The molecule has 1 aromatic heterocycles. The van der Waals surface area contributed by atoms with E-state index in [1.165, 1.54) is 16.6 Å². The van der Waals surface area contributed by atoms with Gasteiger partial charge in [-0.1, -0.05) is 12.5 Å². The lowest BCUT2D eigenvalue weighted by atomic mass is 10.1. The highest BCUT2D eigenvalue weighted by Crippen LogP contribution is 2.24. The number of rotatable bonds is 5. The number of carbonyl (C=O) groups is 1. The van der Waals surface area contributed by atoms with Crippen LogP contribution in [0.5, 0.6) is 0 Å². The van der Waals surface area contributed by atoms with Crippen molar-refractivity contribution in [3.63, 3.8) is 0 Å². The molecule has 0 radical (unpaired) electrons. The second-order valence-electron chi connectivity index (χ2n) is 7.06. The summed E-state index contributed by atoms with van der Waals surface area (Å²) in [6.07, 6.45) is 4.19. The Labute approximate surface area is 160 Å². The van der Waals surface area contributed by atoms with Gasteiger partial charge in [0.2, 0.25) is 10.0 Å². The fourth-order valence-electron chi connectivity index (χ4n) is 3.28. The predicted molar refractivity (Wildman–Crippen MR) is 107 cm³/mol. The van der Waals surface area contributed by atoms with Crippen LogP contribution in [0.3, 0.4) is 0 Å². The number of aromatic nitrogens is 1. The summed E-state index contributed by atoms with van der Waals surface area (Å²) in [6, 6.07) is 7.06. The monoisotopic (exact) mass is 390 g/mol. The summed E-state index contributed by atoms with van der Waals surface area (Å²) in [5.41, 5.74) is 2.99. The summed E-state index contributed by atoms with van der Waals surface area (Å²) in [5, 5.41) is 2.82. The number of H-pyrrole nitrogens is 1. The SMILES string of the molecule is Cc1ccc(NC(=O)c2cc(S(=O)(=O)N3CCCCC3)c[nH]2)cc1N(C)C. The third kappa shape index (κ3) is 4.17. The van der Waals surface area contributed by atoms with Gasteiger partial charge in [0.05, 0.1) is 0 Å². The van der Waals surface area contributed by atoms with Gasteiger partial charge in [-0.2, -0.15) is 4.31 Å². The topological polar surface area (TPSA) is 85.5 Å². The van der Waals surface area contributed by atoms with Crippen LogP contribution < -0.4 is 10.2 Å². The number of carbonyl (C=O) groups excluding carboxylic acids is 1. The van der Waals surface area contributed by atoms with Crippen LogP contribution in [0.15, 0.2) is 35.4 Å². The predicted octanol–water partition coefficient (Wildman–Crippen LogP) is 2.82. The van der Waals surface area contributed by atoms with Crippen molar-refractivity contribution in [1.29, 1.82) is 0 Å². The van der Waals surface area contributed by atoms with E-state index >= 15 is 0 Å². The third-order valence-corrected chi connectivity index (χ3v) is 6.68. The second kappa shape index (κ2) is 7.74. The molecular weight excluding hydrogens is 364 g/mol. The van der Waals surface area contributed by atoms with Crippen molar-refractivity contribution in [1.82, 2.24) is 9.29 Å². The van der Waals surface area contributed by atoms with Gasteiger partial charge < -0.3 is 15.2 Å². The number of anilines is 2. The number of aromatic amines is 1. The first-order chi connectivity index (χ1) is 12.8. The molecule has 0 bridgehead atoms. The van der Waals surface area contributed by atoms with Gasteiger partial charge in [0.15, 0.2) is 0 Å². The van der Waals surface area contributed by atoms with Crippen LogP contribution >= 0.6 is 0 Å². The number of aryl methyl sites for hydroxylation is 1. The lowest BCUT2D eigenvalue weighted by Crippen LogP contribution is -2.35. The molecule has 3 rings (SSSR count). The van der Waals surface area contributed by atoms with Crippen molar-refractivity contribution in [2.45, 2.75) is 31.1 Å². The highest BCUT2D eigenvalue weighted by atomic mass is 32.2. The fourth-order valence-corrected chi connectivity index (χ4v) is 4.79. The quantitative estimate of drug-likeness (QED) is 0.822. The maximum Gasteiger partial charge on any atom is 0.272 e. The zero-order valence-corrected chi connectivity index (χ0v) is 16.8. The maximum atomic E-state index is 12.7. The van der Waals surface area contributed by atoms with Crippen LogP contribution in [0.2, 0.25) is 0 Å². The Bertz CT molecular complexity index is 928. The molecule has 27 heavy (non-hydrogen) atoms. The van der Waals surface area contributed by atoms with Crippen LogP contribution in [0.25, 0.3) is 0 Å². The maximum absolute atomic E-state index is 12.7. The molecular formula is C19H26N4O3S. The first kappa shape index (κ1) is 19.4. The summed E-state index contributed by atoms with van der Waals surface area (Å²) in [5.74, 6) is -0.372. The molecule has 0 unspecified atom stereocenters. The summed E-state index contributed by atoms with van der Waals surface area (Å²) in [4.78, 5) is 17.4. The standard InChI is InChI=1S/C19H26N4O3S/c1-14-7-8-15(11-18(14)22(2)3)21-19(24)17-12-16(13-20-17)27(25,26)23-9-5-4-6-10-23/h7-8,11-13,20H,4-6,9-10H2,1-3H3,(H,21,24). The molecule has 1 fully saturated rings. The molecule has 146 valence electrons. The molecule has 1 aromatic carbocycles. The van der Waals surface area contributed by atoms with E-state index in [2.05, 4.69) is 10.3 Å². The second-order valence-corrected chi connectivity index (χ2v) is 9.00. The van der Waals surface area contributed by atoms with Gasteiger partial charge >= 0.3 is 0 Å². The van der Waals surface area contributed by atoms with E-state index in [0.717, 1.165) is 30.5 Å². The summed E-state index contributed by atoms with van der Waals surface area (Å²) < 4.78 is 26.9. The van der Waals surface area contributed by atoms with Crippen molar-refractivity contribution >= 4 is 27.3 Å². The molecule has 1 aliphatic rings. The van der Waals surface area contributed by atoms with E-state index in [1.807, 2.05) is 44.1 Å². The van der Waals surface area contributed by atoms with Crippen molar-refractivity contribution < 1.29 is 13.2 Å². The first-order valence-electron chi connectivity index (χ1n) is 9.07. The summed E-state index contributed by atoms with van der Waals surface area (Å²) in [6.45, 7) is 3.07. The van der Waals surface area contributed by atoms with Gasteiger partial charge in [-0.3, -0.25) is 4.79 Å². The average molecular weight is 391 g/mol. The number of hydrogen-bond donors (Lipinski definition) is 2. The molecule has 0 atom stereocenters. The number of hydrogen-bond acceptors (Lipinski definition) is 4. The van der Waals surface area contributed by atoms with Gasteiger partial charge in [-0.15, -0.1) is 0 Å². The van der Waals surface area contributed by atoms with Gasteiger partial charge in [-0.25, -0.2) is 8.42 Å². The fraction of sp³-hybridized carbons (Fsp3) is 0.421. The van der Waals surface area contributed by atoms with E-state index in [0.29, 0.717) is 18.8 Å². The van der Waals surface area contributed by atoms with E-state index < -0.39 is 10.0 Å². The Hall–Kier alpha value is -2.32. The molecule has 0 aliphatic carbocycles. The summed E-state index contributed by atoms with van der Waals surface area (Å²) in [7, 11) is 0.326. The zero-order valence-electron chi connectivity index (χ0n) is 15.9. The normalized spacial score (nSPS) is 15.5.